The summed E-state index contributed by atoms with van der Waals surface area (Å²) in [6.07, 6.45) is 0.676. The first-order chi connectivity index (χ1) is 8.72. The third kappa shape index (κ3) is 4.11. The molecule has 1 rings (SSSR count). The highest BCUT2D eigenvalue weighted by molar-refractivity contribution is 6.27. The minimum absolute atomic E-state index is 0.0174. The van der Waals surface area contributed by atoms with Crippen molar-refractivity contribution in [3.8, 4) is 11.5 Å². The molecule has 0 saturated heterocycles. The van der Waals surface area contributed by atoms with Crippen molar-refractivity contribution in [2.75, 3.05) is 26.1 Å². The van der Waals surface area contributed by atoms with Gasteiger partial charge in [-0.05, 0) is 25.0 Å². The molecule has 4 nitrogen and oxygen atoms in total. The van der Waals surface area contributed by atoms with E-state index in [1.807, 2.05) is 25.1 Å². The molecule has 5 heteroatoms. The lowest BCUT2D eigenvalue weighted by Gasteiger charge is -2.14. The van der Waals surface area contributed by atoms with Gasteiger partial charge >= 0.3 is 0 Å². The molecule has 100 valence electrons. The Balaban J connectivity index is 2.71. The third-order valence-corrected chi connectivity index (χ3v) is 2.65. The smallest absolute Gasteiger partial charge is 0.234 e. The quantitative estimate of drug-likeness (QED) is 0.772. The van der Waals surface area contributed by atoms with Crippen LogP contribution in [0.15, 0.2) is 18.2 Å². The Hall–Kier alpha value is -1.42. The van der Waals surface area contributed by atoms with E-state index < -0.39 is 0 Å². The highest BCUT2D eigenvalue weighted by Crippen LogP contribution is 2.31. The third-order valence-electron chi connectivity index (χ3n) is 2.41. The number of benzene rings is 1. The number of methoxy groups -OCH3 is 1. The molecule has 0 aliphatic rings. The van der Waals surface area contributed by atoms with Crippen molar-refractivity contribution in [1.29, 1.82) is 0 Å². The Morgan fingerprint density at radius 1 is 1.44 bits per heavy atom. The molecule has 1 amide bonds. The molecule has 0 saturated carbocycles. The van der Waals surface area contributed by atoms with Gasteiger partial charge in [0.15, 0.2) is 11.5 Å². The van der Waals surface area contributed by atoms with E-state index in [2.05, 4.69) is 5.32 Å². The standard InChI is InChI=1S/C13H18ClNO3/c1-3-18-13-10(5-4-6-11(13)17-2)7-8-15-12(16)9-14/h4-6H,3,7-9H2,1-2H3,(H,15,16). The van der Waals surface area contributed by atoms with Gasteiger partial charge in [-0.25, -0.2) is 0 Å². The predicted octanol–water partition coefficient (Wildman–Crippen LogP) is 1.99. The maximum absolute atomic E-state index is 11.0. The summed E-state index contributed by atoms with van der Waals surface area (Å²) in [6, 6.07) is 5.71. The fraction of sp³-hybridized carbons (Fsp3) is 0.462. The van der Waals surface area contributed by atoms with E-state index in [9.17, 15) is 4.79 Å². The van der Waals surface area contributed by atoms with Crippen molar-refractivity contribution in [2.24, 2.45) is 0 Å². The van der Waals surface area contributed by atoms with Crippen LogP contribution in [0.2, 0.25) is 0 Å². The van der Waals surface area contributed by atoms with Crippen LogP contribution >= 0.6 is 11.6 Å². The van der Waals surface area contributed by atoms with E-state index in [1.165, 1.54) is 0 Å². The zero-order valence-electron chi connectivity index (χ0n) is 10.7. The number of hydrogen-bond acceptors (Lipinski definition) is 3. The molecule has 0 spiro atoms. The molecule has 0 unspecified atom stereocenters. The minimum atomic E-state index is -0.169. The van der Waals surface area contributed by atoms with Crippen LogP contribution in [0.25, 0.3) is 0 Å². The van der Waals surface area contributed by atoms with Crippen LogP contribution in [0.4, 0.5) is 0 Å². The fourth-order valence-electron chi connectivity index (χ4n) is 1.61. The molecular formula is C13H18ClNO3. The minimum Gasteiger partial charge on any atom is -0.493 e. The van der Waals surface area contributed by atoms with E-state index in [1.54, 1.807) is 7.11 Å². The Bertz CT molecular complexity index is 396. The van der Waals surface area contributed by atoms with Crippen molar-refractivity contribution in [1.82, 2.24) is 5.32 Å². The van der Waals surface area contributed by atoms with Crippen LogP contribution in [-0.4, -0.2) is 32.0 Å². The Labute approximate surface area is 112 Å². The SMILES string of the molecule is CCOc1c(CCNC(=O)CCl)cccc1OC. The number of alkyl halides is 1. The summed E-state index contributed by atoms with van der Waals surface area (Å²) in [5.74, 6) is 1.26. The first-order valence-electron chi connectivity index (χ1n) is 5.84. The van der Waals surface area contributed by atoms with Gasteiger partial charge in [0.1, 0.15) is 5.88 Å². The van der Waals surface area contributed by atoms with Crippen LogP contribution in [0.3, 0.4) is 0 Å². The first kappa shape index (κ1) is 14.6. The van der Waals surface area contributed by atoms with E-state index in [0.717, 1.165) is 11.3 Å². The second-order valence-corrected chi connectivity index (χ2v) is 3.88. The molecule has 0 aliphatic carbocycles. The van der Waals surface area contributed by atoms with Gasteiger partial charge < -0.3 is 14.8 Å². The number of hydrogen-bond donors (Lipinski definition) is 1. The van der Waals surface area contributed by atoms with Gasteiger partial charge in [0.25, 0.3) is 0 Å². The molecule has 18 heavy (non-hydrogen) atoms. The van der Waals surface area contributed by atoms with E-state index in [4.69, 9.17) is 21.1 Å². The van der Waals surface area contributed by atoms with Crippen LogP contribution in [-0.2, 0) is 11.2 Å². The van der Waals surface area contributed by atoms with E-state index in [0.29, 0.717) is 25.3 Å². The zero-order valence-corrected chi connectivity index (χ0v) is 11.4. The summed E-state index contributed by atoms with van der Waals surface area (Å²) in [6.45, 7) is 3.02. The number of rotatable bonds is 7. The molecule has 0 heterocycles. The molecule has 0 atom stereocenters. The average molecular weight is 272 g/mol. The molecule has 0 radical (unpaired) electrons. The van der Waals surface area contributed by atoms with Crippen molar-refractivity contribution in [2.45, 2.75) is 13.3 Å². The van der Waals surface area contributed by atoms with Gasteiger partial charge in [-0.3, -0.25) is 4.79 Å². The summed E-state index contributed by atoms with van der Waals surface area (Å²) in [5, 5.41) is 2.72. The highest BCUT2D eigenvalue weighted by Gasteiger charge is 2.10. The number of carbonyl (C=O) groups is 1. The van der Waals surface area contributed by atoms with Crippen molar-refractivity contribution < 1.29 is 14.3 Å². The van der Waals surface area contributed by atoms with E-state index >= 15 is 0 Å². The molecule has 0 aromatic heterocycles. The average Bonchev–Trinajstić information content (AvgIpc) is 2.40. The molecule has 0 aliphatic heterocycles. The predicted molar refractivity (Wildman–Crippen MR) is 71.6 cm³/mol. The van der Waals surface area contributed by atoms with Gasteiger partial charge in [-0.15, -0.1) is 11.6 Å². The zero-order chi connectivity index (χ0) is 13.4. The van der Waals surface area contributed by atoms with Crippen molar-refractivity contribution in [3.05, 3.63) is 23.8 Å². The van der Waals surface area contributed by atoms with Crippen LogP contribution < -0.4 is 14.8 Å². The number of nitrogens with one attached hydrogen (secondary N) is 1. The summed E-state index contributed by atoms with van der Waals surface area (Å²) in [5.41, 5.74) is 1.01. The van der Waals surface area contributed by atoms with Crippen molar-refractivity contribution >= 4 is 17.5 Å². The molecule has 1 N–H and O–H groups in total. The van der Waals surface area contributed by atoms with Gasteiger partial charge in [-0.2, -0.15) is 0 Å². The molecular weight excluding hydrogens is 254 g/mol. The largest absolute Gasteiger partial charge is 0.493 e. The lowest BCUT2D eigenvalue weighted by molar-refractivity contribution is -0.118. The molecule has 0 bridgehead atoms. The summed E-state index contributed by atoms with van der Waals surface area (Å²) < 4.78 is 10.8. The summed E-state index contributed by atoms with van der Waals surface area (Å²) >= 11 is 5.41. The van der Waals surface area contributed by atoms with Gasteiger partial charge in [-0.1, -0.05) is 12.1 Å². The Morgan fingerprint density at radius 2 is 2.22 bits per heavy atom. The number of amides is 1. The monoisotopic (exact) mass is 271 g/mol. The number of para-hydroxylation sites is 1. The maximum atomic E-state index is 11.0. The summed E-state index contributed by atoms with van der Waals surface area (Å²) in [7, 11) is 1.61. The van der Waals surface area contributed by atoms with Crippen LogP contribution in [0.1, 0.15) is 12.5 Å². The Kier molecular flexibility index (Phi) is 6.36. The normalized spacial score (nSPS) is 9.94. The van der Waals surface area contributed by atoms with E-state index in [-0.39, 0.29) is 11.8 Å². The van der Waals surface area contributed by atoms with Crippen LogP contribution in [0.5, 0.6) is 11.5 Å². The fourth-order valence-corrected chi connectivity index (χ4v) is 1.71. The lowest BCUT2D eigenvalue weighted by atomic mass is 10.1. The van der Waals surface area contributed by atoms with Gasteiger partial charge in [0, 0.05) is 6.54 Å². The maximum Gasteiger partial charge on any atom is 0.234 e. The van der Waals surface area contributed by atoms with Gasteiger partial charge in [0.05, 0.1) is 13.7 Å². The molecule has 0 fully saturated rings. The number of halogens is 1. The lowest BCUT2D eigenvalue weighted by Crippen LogP contribution is -2.26. The second-order valence-electron chi connectivity index (χ2n) is 3.62. The first-order valence-corrected chi connectivity index (χ1v) is 6.37. The highest BCUT2D eigenvalue weighted by atomic mass is 35.5. The second kappa shape index (κ2) is 7.82. The Morgan fingerprint density at radius 3 is 2.83 bits per heavy atom. The van der Waals surface area contributed by atoms with Crippen LogP contribution in [0, 0.1) is 0 Å². The number of carbonyl (C=O) groups excluding carboxylic acids is 1. The van der Waals surface area contributed by atoms with Gasteiger partial charge in [0.2, 0.25) is 5.91 Å². The molecule has 1 aromatic carbocycles. The summed E-state index contributed by atoms with van der Waals surface area (Å²) in [4.78, 5) is 11.0. The number of ether oxygens (including phenoxy) is 2. The topological polar surface area (TPSA) is 47.6 Å². The van der Waals surface area contributed by atoms with Crippen molar-refractivity contribution in [3.63, 3.8) is 0 Å². The molecule has 1 aromatic rings.